The monoisotopic (exact) mass is 442 g/mol. The summed E-state index contributed by atoms with van der Waals surface area (Å²) in [6.45, 7) is 0.487. The van der Waals surface area contributed by atoms with E-state index in [4.69, 9.17) is 11.6 Å². The van der Waals surface area contributed by atoms with Gasteiger partial charge < -0.3 is 10.6 Å². The molecule has 0 saturated heterocycles. The van der Waals surface area contributed by atoms with E-state index in [9.17, 15) is 13.6 Å². The molecule has 0 atom stereocenters. The lowest BCUT2D eigenvalue weighted by Crippen LogP contribution is -2.14. The molecule has 0 radical (unpaired) electrons. The van der Waals surface area contributed by atoms with E-state index in [1.165, 1.54) is 6.07 Å². The van der Waals surface area contributed by atoms with Crippen molar-refractivity contribution in [3.8, 4) is 0 Å². The van der Waals surface area contributed by atoms with Gasteiger partial charge in [-0.1, -0.05) is 29.8 Å². The first-order valence-corrected chi connectivity index (χ1v) is 9.81. The fourth-order valence-electron chi connectivity index (χ4n) is 2.94. The molecule has 2 aromatic heterocycles. The van der Waals surface area contributed by atoms with Crippen molar-refractivity contribution < 1.29 is 13.6 Å². The van der Waals surface area contributed by atoms with Gasteiger partial charge in [0.05, 0.1) is 5.69 Å². The van der Waals surface area contributed by atoms with Gasteiger partial charge in [0.1, 0.15) is 17.5 Å². The lowest BCUT2D eigenvalue weighted by molar-refractivity contribution is -0.116. The van der Waals surface area contributed by atoms with Crippen LogP contribution in [0.25, 0.3) is 5.65 Å². The zero-order chi connectivity index (χ0) is 21.8. The number of halogens is 3. The molecule has 0 aliphatic heterocycles. The number of rotatable bonds is 7. The number of hydrogen-bond acceptors (Lipinski definition) is 5. The number of carbonyl (C=O) groups is 1. The van der Waals surface area contributed by atoms with Crippen LogP contribution in [0.1, 0.15) is 17.8 Å². The lowest BCUT2D eigenvalue weighted by Gasteiger charge is -2.08. The Balaban J connectivity index is 1.41. The highest BCUT2D eigenvalue weighted by Crippen LogP contribution is 2.17. The SMILES string of the molecule is O=C(CCc1nnc2ccc(NCc3ccccc3Cl)nn12)Nc1ccc(F)cc1F. The Morgan fingerprint density at radius 1 is 1.06 bits per heavy atom. The van der Waals surface area contributed by atoms with Crippen molar-refractivity contribution in [3.63, 3.8) is 0 Å². The van der Waals surface area contributed by atoms with E-state index in [2.05, 4.69) is 25.9 Å². The third-order valence-electron chi connectivity index (χ3n) is 4.53. The van der Waals surface area contributed by atoms with Crippen molar-refractivity contribution >= 4 is 34.7 Å². The number of carbonyl (C=O) groups excluding carboxylic acids is 1. The Labute approximate surface area is 181 Å². The van der Waals surface area contributed by atoms with Gasteiger partial charge in [0.25, 0.3) is 0 Å². The van der Waals surface area contributed by atoms with E-state index < -0.39 is 17.5 Å². The van der Waals surface area contributed by atoms with Crippen LogP contribution in [-0.2, 0) is 17.8 Å². The van der Waals surface area contributed by atoms with E-state index in [1.807, 2.05) is 24.3 Å². The van der Waals surface area contributed by atoms with Crippen molar-refractivity contribution in [2.45, 2.75) is 19.4 Å². The van der Waals surface area contributed by atoms with Crippen LogP contribution in [0.2, 0.25) is 5.02 Å². The highest BCUT2D eigenvalue weighted by atomic mass is 35.5. The molecule has 0 aliphatic rings. The normalized spacial score (nSPS) is 10.9. The quantitative estimate of drug-likeness (QED) is 0.447. The fourth-order valence-corrected chi connectivity index (χ4v) is 3.14. The van der Waals surface area contributed by atoms with Gasteiger partial charge >= 0.3 is 0 Å². The smallest absolute Gasteiger partial charge is 0.224 e. The van der Waals surface area contributed by atoms with E-state index >= 15 is 0 Å². The Morgan fingerprint density at radius 3 is 2.71 bits per heavy atom. The first-order chi connectivity index (χ1) is 15.0. The van der Waals surface area contributed by atoms with Crippen molar-refractivity contribution in [2.24, 2.45) is 0 Å². The Morgan fingerprint density at radius 2 is 1.90 bits per heavy atom. The van der Waals surface area contributed by atoms with Crippen LogP contribution in [-0.4, -0.2) is 25.7 Å². The molecule has 7 nitrogen and oxygen atoms in total. The van der Waals surface area contributed by atoms with Crippen LogP contribution >= 0.6 is 11.6 Å². The Bertz CT molecular complexity index is 1250. The van der Waals surface area contributed by atoms with E-state index in [-0.39, 0.29) is 18.5 Å². The second-order valence-corrected chi connectivity index (χ2v) is 7.13. The van der Waals surface area contributed by atoms with Crippen molar-refractivity contribution in [3.05, 3.63) is 82.6 Å². The molecule has 2 N–H and O–H groups in total. The van der Waals surface area contributed by atoms with Gasteiger partial charge in [-0.25, -0.2) is 8.78 Å². The van der Waals surface area contributed by atoms with Gasteiger partial charge in [-0.15, -0.1) is 15.3 Å². The highest BCUT2D eigenvalue weighted by molar-refractivity contribution is 6.31. The number of fused-ring (bicyclic) bond motifs is 1. The summed E-state index contributed by atoms with van der Waals surface area (Å²) in [5.74, 6) is -0.916. The number of hydrogen-bond donors (Lipinski definition) is 2. The molecular formula is C21H17ClF2N6O. The molecule has 158 valence electrons. The van der Waals surface area contributed by atoms with Gasteiger partial charge in [0.15, 0.2) is 11.5 Å². The fraction of sp³-hybridized carbons (Fsp3) is 0.143. The predicted molar refractivity (Wildman–Crippen MR) is 113 cm³/mol. The zero-order valence-electron chi connectivity index (χ0n) is 16.1. The average Bonchev–Trinajstić information content (AvgIpc) is 3.16. The van der Waals surface area contributed by atoms with Crippen LogP contribution in [0, 0.1) is 11.6 Å². The largest absolute Gasteiger partial charge is 0.364 e. The summed E-state index contributed by atoms with van der Waals surface area (Å²) in [6.07, 6.45) is 0.257. The minimum atomic E-state index is -0.836. The maximum atomic E-state index is 13.7. The molecule has 0 bridgehead atoms. The van der Waals surface area contributed by atoms with E-state index in [1.54, 1.807) is 16.6 Å². The molecule has 4 rings (SSSR count). The highest BCUT2D eigenvalue weighted by Gasteiger charge is 2.12. The molecule has 1 amide bonds. The van der Waals surface area contributed by atoms with Gasteiger partial charge in [-0.05, 0) is 35.9 Å². The summed E-state index contributed by atoms with van der Waals surface area (Å²) in [6, 6.07) is 14.0. The lowest BCUT2D eigenvalue weighted by atomic mass is 10.2. The molecular weight excluding hydrogens is 426 g/mol. The molecule has 4 aromatic rings. The summed E-state index contributed by atoms with van der Waals surface area (Å²) < 4.78 is 28.2. The molecule has 31 heavy (non-hydrogen) atoms. The molecule has 0 spiro atoms. The summed E-state index contributed by atoms with van der Waals surface area (Å²) in [5, 5.41) is 18.9. The van der Waals surface area contributed by atoms with Crippen molar-refractivity contribution in [2.75, 3.05) is 10.6 Å². The minimum Gasteiger partial charge on any atom is -0.364 e. The topological polar surface area (TPSA) is 84.2 Å². The number of nitrogens with zero attached hydrogens (tertiary/aromatic N) is 4. The van der Waals surface area contributed by atoms with Crippen LogP contribution in [0.15, 0.2) is 54.6 Å². The number of aromatic nitrogens is 4. The van der Waals surface area contributed by atoms with E-state index in [0.29, 0.717) is 34.9 Å². The van der Waals surface area contributed by atoms with E-state index in [0.717, 1.165) is 11.6 Å². The van der Waals surface area contributed by atoms with Crippen LogP contribution in [0.5, 0.6) is 0 Å². The zero-order valence-corrected chi connectivity index (χ0v) is 16.9. The molecule has 2 aromatic carbocycles. The minimum absolute atomic E-state index is 0.0244. The standard InChI is InChI=1S/C21H17ClF2N6O/c22-15-4-2-1-3-13(15)12-25-18-7-8-19-27-28-20(30(19)29-18)9-10-21(31)26-17-6-5-14(23)11-16(17)24/h1-8,11H,9-10,12H2,(H,25,29)(H,26,31). The van der Waals surface area contributed by atoms with Crippen LogP contribution in [0.3, 0.4) is 0 Å². The third kappa shape index (κ3) is 4.95. The number of anilines is 2. The van der Waals surface area contributed by atoms with Gasteiger partial charge in [-0.3, -0.25) is 4.79 Å². The molecule has 0 fully saturated rings. The molecule has 0 aliphatic carbocycles. The first-order valence-electron chi connectivity index (χ1n) is 9.43. The second kappa shape index (κ2) is 9.05. The number of aryl methyl sites for hydroxylation is 1. The Kier molecular flexibility index (Phi) is 6.03. The molecule has 2 heterocycles. The maximum Gasteiger partial charge on any atom is 0.224 e. The summed E-state index contributed by atoms with van der Waals surface area (Å²) >= 11 is 6.17. The summed E-state index contributed by atoms with van der Waals surface area (Å²) in [7, 11) is 0. The van der Waals surface area contributed by atoms with Crippen molar-refractivity contribution in [1.29, 1.82) is 0 Å². The van der Waals surface area contributed by atoms with Crippen LogP contribution < -0.4 is 10.6 Å². The Hall–Kier alpha value is -3.59. The first kappa shape index (κ1) is 20.7. The average molecular weight is 443 g/mol. The van der Waals surface area contributed by atoms with Gasteiger partial charge in [0.2, 0.25) is 5.91 Å². The third-order valence-corrected chi connectivity index (χ3v) is 4.89. The predicted octanol–water partition coefficient (Wildman–Crippen LogP) is 4.24. The number of nitrogens with one attached hydrogen (secondary N) is 2. The summed E-state index contributed by atoms with van der Waals surface area (Å²) in [4.78, 5) is 12.2. The number of benzene rings is 2. The van der Waals surface area contributed by atoms with Crippen LogP contribution in [0.4, 0.5) is 20.3 Å². The second-order valence-electron chi connectivity index (χ2n) is 6.72. The number of amides is 1. The van der Waals surface area contributed by atoms with Crippen molar-refractivity contribution in [1.82, 2.24) is 19.8 Å². The van der Waals surface area contributed by atoms with Gasteiger partial charge in [-0.2, -0.15) is 4.52 Å². The summed E-state index contributed by atoms with van der Waals surface area (Å²) in [5.41, 5.74) is 1.38. The molecule has 0 unspecified atom stereocenters. The molecule has 10 heteroatoms. The maximum absolute atomic E-state index is 13.7. The van der Waals surface area contributed by atoms with Gasteiger partial charge in [0, 0.05) is 30.5 Å². The molecule has 0 saturated carbocycles.